The Kier molecular flexibility index (Phi) is 22.1. The lowest BCUT2D eigenvalue weighted by Gasteiger charge is -2.45. The van der Waals surface area contributed by atoms with Crippen LogP contribution in [0.1, 0.15) is 115 Å². The Bertz CT molecular complexity index is 739. The molecule has 0 bridgehead atoms. The van der Waals surface area contributed by atoms with Gasteiger partial charge in [0.1, 0.15) is 6.04 Å². The minimum atomic E-state index is 0. The quantitative estimate of drug-likeness (QED) is 0.0996. The first-order valence-corrected chi connectivity index (χ1v) is 14.9. The van der Waals surface area contributed by atoms with Gasteiger partial charge in [-0.15, -0.1) is 0 Å². The van der Waals surface area contributed by atoms with Crippen LogP contribution in [0.4, 0.5) is 0 Å². The Morgan fingerprint density at radius 3 is 1.32 bits per heavy atom. The Morgan fingerprint density at radius 1 is 0.595 bits per heavy atom. The van der Waals surface area contributed by atoms with Gasteiger partial charge in [-0.05, 0) is 50.2 Å². The van der Waals surface area contributed by atoms with Crippen LogP contribution in [-0.2, 0) is 0 Å². The molecule has 0 aromatic heterocycles. The maximum atomic E-state index is 4.32. The number of nitrogens with zero attached hydrogens (tertiary/aromatic N) is 1. The molecule has 0 amide bonds. The molecule has 1 atom stereocenters. The summed E-state index contributed by atoms with van der Waals surface area (Å²) in [6.07, 6.45) is 20.3. The molecule has 2 rings (SSSR count). The number of benzene rings is 2. The summed E-state index contributed by atoms with van der Waals surface area (Å²) in [5, 5.41) is 0. The van der Waals surface area contributed by atoms with Gasteiger partial charge in [0.2, 0.25) is 0 Å². The average Bonchev–Trinajstić information content (AvgIpc) is 2.93. The molecule has 2 heteroatoms. The van der Waals surface area contributed by atoms with Gasteiger partial charge in [-0.1, -0.05) is 139 Å². The van der Waals surface area contributed by atoms with E-state index < -0.39 is 0 Å². The maximum Gasteiger partial charge on any atom is 0.133 e. The third kappa shape index (κ3) is 14.6. The van der Waals surface area contributed by atoms with E-state index in [9.17, 15) is 0 Å². The first kappa shape index (κ1) is 35.2. The molecule has 0 saturated carbocycles. The Morgan fingerprint density at radius 2 is 1.00 bits per heavy atom. The lowest BCUT2D eigenvalue weighted by Crippen LogP contribution is -3.00. The SMILES string of the molecule is C=CC(c1ccccc1)[N+](CCCCCC)(CCCCCC)CCCCCC.C=Cc1ccccc1.[Cl-]. The van der Waals surface area contributed by atoms with Crippen LogP contribution in [-0.4, -0.2) is 24.1 Å². The van der Waals surface area contributed by atoms with E-state index in [1.807, 2.05) is 36.4 Å². The second-order valence-corrected chi connectivity index (χ2v) is 10.3. The molecule has 0 aliphatic carbocycles. The van der Waals surface area contributed by atoms with Crippen LogP contribution < -0.4 is 12.4 Å². The van der Waals surface area contributed by atoms with Gasteiger partial charge in [0.15, 0.2) is 0 Å². The molecule has 2 aromatic rings. The molecular formula is C35H56ClN. The number of hydrogen-bond donors (Lipinski definition) is 0. The largest absolute Gasteiger partial charge is 1.00 e. The molecule has 0 radical (unpaired) electrons. The standard InChI is InChI=1S/C27H48N.C8H8.ClH/c1-5-9-12-18-23-28(24-19-13-10-6-2,25-20-14-11-7-3)27(8-4)26-21-16-15-17-22-26;1-2-8-6-4-3-5-7-8;/h8,15-17,21-22,27H,4-7,9-14,18-20,23-25H2,1-3H3;2-7H,1H2;1H/q+1;;/p-1. The highest BCUT2D eigenvalue weighted by Crippen LogP contribution is 2.33. The molecule has 0 N–H and O–H groups in total. The molecule has 0 aliphatic heterocycles. The summed E-state index contributed by atoms with van der Waals surface area (Å²) < 4.78 is 1.23. The van der Waals surface area contributed by atoms with Crippen LogP contribution in [0.25, 0.3) is 6.08 Å². The number of halogens is 1. The van der Waals surface area contributed by atoms with Crippen molar-refractivity contribution in [1.29, 1.82) is 0 Å². The van der Waals surface area contributed by atoms with E-state index in [0.717, 1.165) is 0 Å². The zero-order valence-electron chi connectivity index (χ0n) is 24.4. The summed E-state index contributed by atoms with van der Waals surface area (Å²) in [4.78, 5) is 0. The topological polar surface area (TPSA) is 0 Å². The molecule has 0 saturated heterocycles. The van der Waals surface area contributed by atoms with Gasteiger partial charge in [0.05, 0.1) is 19.6 Å². The lowest BCUT2D eigenvalue weighted by molar-refractivity contribution is -0.951. The van der Waals surface area contributed by atoms with Crippen molar-refractivity contribution in [3.8, 4) is 0 Å². The van der Waals surface area contributed by atoms with Crippen molar-refractivity contribution in [1.82, 2.24) is 0 Å². The fourth-order valence-corrected chi connectivity index (χ4v) is 5.23. The van der Waals surface area contributed by atoms with Crippen LogP contribution in [0.5, 0.6) is 0 Å². The number of rotatable bonds is 19. The first-order valence-electron chi connectivity index (χ1n) is 14.9. The van der Waals surface area contributed by atoms with Crippen molar-refractivity contribution < 1.29 is 16.9 Å². The van der Waals surface area contributed by atoms with E-state index in [0.29, 0.717) is 6.04 Å². The Balaban J connectivity index is 0.00000122. The zero-order chi connectivity index (χ0) is 26.3. The van der Waals surface area contributed by atoms with E-state index in [2.05, 4.69) is 70.3 Å². The Labute approximate surface area is 237 Å². The van der Waals surface area contributed by atoms with Crippen molar-refractivity contribution in [2.75, 3.05) is 19.6 Å². The fraction of sp³-hybridized carbons (Fsp3) is 0.543. The van der Waals surface area contributed by atoms with E-state index in [4.69, 9.17) is 0 Å². The van der Waals surface area contributed by atoms with E-state index >= 15 is 0 Å². The molecule has 0 heterocycles. The van der Waals surface area contributed by atoms with Crippen molar-refractivity contribution in [3.63, 3.8) is 0 Å². The van der Waals surface area contributed by atoms with E-state index in [1.54, 1.807) is 0 Å². The summed E-state index contributed by atoms with van der Waals surface area (Å²) in [6, 6.07) is 21.7. The monoisotopic (exact) mass is 525 g/mol. The highest BCUT2D eigenvalue weighted by atomic mass is 35.5. The van der Waals surface area contributed by atoms with Crippen molar-refractivity contribution in [2.24, 2.45) is 0 Å². The number of unbranched alkanes of at least 4 members (excludes halogenated alkanes) is 9. The molecule has 1 nitrogen and oxygen atoms in total. The molecule has 0 fully saturated rings. The van der Waals surface area contributed by atoms with Crippen molar-refractivity contribution >= 4 is 6.08 Å². The minimum Gasteiger partial charge on any atom is -1.00 e. The summed E-state index contributed by atoms with van der Waals surface area (Å²) in [6.45, 7) is 18.8. The predicted molar refractivity (Wildman–Crippen MR) is 163 cm³/mol. The second kappa shape index (κ2) is 23.3. The molecule has 0 spiro atoms. The van der Waals surface area contributed by atoms with Gasteiger partial charge in [0.25, 0.3) is 0 Å². The zero-order valence-corrected chi connectivity index (χ0v) is 25.1. The lowest BCUT2D eigenvalue weighted by atomic mass is 9.98. The normalized spacial score (nSPS) is 11.5. The number of quaternary nitrogens is 1. The molecule has 0 aliphatic rings. The smallest absolute Gasteiger partial charge is 0.133 e. The second-order valence-electron chi connectivity index (χ2n) is 10.3. The van der Waals surface area contributed by atoms with Crippen LogP contribution in [0.3, 0.4) is 0 Å². The third-order valence-electron chi connectivity index (χ3n) is 7.36. The summed E-state index contributed by atoms with van der Waals surface area (Å²) in [5.74, 6) is 0. The van der Waals surface area contributed by atoms with Crippen LogP contribution in [0.2, 0.25) is 0 Å². The summed E-state index contributed by atoms with van der Waals surface area (Å²) in [7, 11) is 0. The number of hydrogen-bond acceptors (Lipinski definition) is 0. The van der Waals surface area contributed by atoms with Crippen molar-refractivity contribution in [3.05, 3.63) is 91.0 Å². The summed E-state index contributed by atoms with van der Waals surface area (Å²) >= 11 is 0. The van der Waals surface area contributed by atoms with Gasteiger partial charge in [-0.3, -0.25) is 0 Å². The highest BCUT2D eigenvalue weighted by molar-refractivity contribution is 5.45. The first-order chi connectivity index (χ1) is 17.7. The van der Waals surface area contributed by atoms with Gasteiger partial charge in [0, 0.05) is 5.56 Å². The van der Waals surface area contributed by atoms with Crippen LogP contribution in [0, 0.1) is 0 Å². The van der Waals surface area contributed by atoms with Gasteiger partial charge in [-0.25, -0.2) is 0 Å². The molecule has 1 unspecified atom stereocenters. The maximum absolute atomic E-state index is 4.32. The average molecular weight is 526 g/mol. The molecular weight excluding hydrogens is 470 g/mol. The van der Waals surface area contributed by atoms with Crippen LogP contribution >= 0.6 is 0 Å². The van der Waals surface area contributed by atoms with Gasteiger partial charge < -0.3 is 16.9 Å². The predicted octanol–water partition coefficient (Wildman–Crippen LogP) is 7.81. The minimum absolute atomic E-state index is 0. The van der Waals surface area contributed by atoms with E-state index in [1.165, 1.54) is 112 Å². The third-order valence-corrected chi connectivity index (χ3v) is 7.36. The molecule has 208 valence electrons. The molecule has 37 heavy (non-hydrogen) atoms. The van der Waals surface area contributed by atoms with Gasteiger partial charge >= 0.3 is 0 Å². The Hall–Kier alpha value is -1.83. The van der Waals surface area contributed by atoms with E-state index in [-0.39, 0.29) is 12.4 Å². The summed E-state index contributed by atoms with van der Waals surface area (Å²) in [5.41, 5.74) is 2.63. The molecule has 2 aromatic carbocycles. The van der Waals surface area contributed by atoms with Gasteiger partial charge in [-0.2, -0.15) is 0 Å². The van der Waals surface area contributed by atoms with Crippen LogP contribution in [0.15, 0.2) is 79.9 Å². The van der Waals surface area contributed by atoms with Crippen molar-refractivity contribution in [2.45, 2.75) is 104 Å². The highest BCUT2D eigenvalue weighted by Gasteiger charge is 2.34. The fourth-order valence-electron chi connectivity index (χ4n) is 5.23.